The molecule has 0 saturated carbocycles. The number of nitrogens with one attached hydrogen (secondary N) is 2. The molecule has 0 aromatic heterocycles. The van der Waals surface area contributed by atoms with E-state index >= 15 is 0 Å². The van der Waals surface area contributed by atoms with E-state index in [2.05, 4.69) is 10.6 Å². The van der Waals surface area contributed by atoms with Gasteiger partial charge in [0.25, 0.3) is 0 Å². The molecule has 106 valence electrons. The normalized spacial score (nSPS) is 17.3. The summed E-state index contributed by atoms with van der Waals surface area (Å²) in [6, 6.07) is 7.41. The standard InChI is InChI=1S/C13H21N3O2S/c14-19(17,18)10-12-1-3-13(4-2-12)16-9-11-5-7-15-8-6-11/h1-4,11,15-16H,5-10H2,(H2,14,17,18). The second-order valence-electron chi connectivity index (χ2n) is 5.08. The Bertz CT molecular complexity index is 493. The molecule has 1 fully saturated rings. The number of rotatable bonds is 5. The molecule has 2 rings (SSSR count). The van der Waals surface area contributed by atoms with E-state index in [9.17, 15) is 8.42 Å². The van der Waals surface area contributed by atoms with Crippen LogP contribution in [0.25, 0.3) is 0 Å². The largest absolute Gasteiger partial charge is 0.385 e. The lowest BCUT2D eigenvalue weighted by molar-refractivity contribution is 0.390. The van der Waals surface area contributed by atoms with Crippen LogP contribution in [-0.4, -0.2) is 28.1 Å². The molecule has 1 aromatic carbocycles. The van der Waals surface area contributed by atoms with Gasteiger partial charge in [-0.2, -0.15) is 0 Å². The molecule has 0 radical (unpaired) electrons. The van der Waals surface area contributed by atoms with Crippen LogP contribution in [0.4, 0.5) is 5.69 Å². The van der Waals surface area contributed by atoms with E-state index in [-0.39, 0.29) is 5.75 Å². The average Bonchev–Trinajstić information content (AvgIpc) is 2.37. The summed E-state index contributed by atoms with van der Waals surface area (Å²) in [5, 5.41) is 11.8. The maximum Gasteiger partial charge on any atom is 0.213 e. The van der Waals surface area contributed by atoms with Crippen molar-refractivity contribution in [3.8, 4) is 0 Å². The van der Waals surface area contributed by atoms with Crippen LogP contribution >= 0.6 is 0 Å². The fourth-order valence-corrected chi connectivity index (χ4v) is 2.96. The quantitative estimate of drug-likeness (QED) is 0.749. The number of hydrogen-bond donors (Lipinski definition) is 3. The molecule has 0 atom stereocenters. The molecule has 0 unspecified atom stereocenters. The lowest BCUT2D eigenvalue weighted by Gasteiger charge is -2.23. The van der Waals surface area contributed by atoms with Gasteiger partial charge in [-0.25, -0.2) is 13.6 Å². The third kappa shape index (κ3) is 5.18. The van der Waals surface area contributed by atoms with Gasteiger partial charge in [0.05, 0.1) is 5.75 Å². The first kappa shape index (κ1) is 14.3. The van der Waals surface area contributed by atoms with Gasteiger partial charge in [-0.1, -0.05) is 12.1 Å². The topological polar surface area (TPSA) is 84.2 Å². The van der Waals surface area contributed by atoms with Crippen molar-refractivity contribution < 1.29 is 8.42 Å². The van der Waals surface area contributed by atoms with Gasteiger partial charge < -0.3 is 10.6 Å². The monoisotopic (exact) mass is 283 g/mol. The highest BCUT2D eigenvalue weighted by molar-refractivity contribution is 7.88. The molecule has 0 amide bonds. The molecular formula is C13H21N3O2S. The first-order valence-corrected chi connectivity index (χ1v) is 8.28. The Morgan fingerprint density at radius 2 is 1.84 bits per heavy atom. The molecule has 5 nitrogen and oxygen atoms in total. The van der Waals surface area contributed by atoms with Crippen LogP contribution < -0.4 is 15.8 Å². The van der Waals surface area contributed by atoms with Crippen molar-refractivity contribution in [1.29, 1.82) is 0 Å². The average molecular weight is 283 g/mol. The first-order valence-electron chi connectivity index (χ1n) is 6.57. The van der Waals surface area contributed by atoms with Crippen LogP contribution in [0.2, 0.25) is 0 Å². The molecule has 19 heavy (non-hydrogen) atoms. The van der Waals surface area contributed by atoms with Gasteiger partial charge in [-0.05, 0) is 49.5 Å². The molecule has 0 bridgehead atoms. The Hall–Kier alpha value is -1.11. The SMILES string of the molecule is NS(=O)(=O)Cc1ccc(NCC2CCNCC2)cc1. The Balaban J connectivity index is 1.84. The zero-order valence-electron chi connectivity index (χ0n) is 10.9. The Kier molecular flexibility index (Phi) is 4.79. The molecule has 1 heterocycles. The van der Waals surface area contributed by atoms with E-state index in [1.807, 2.05) is 12.1 Å². The maximum atomic E-state index is 11.0. The molecule has 1 saturated heterocycles. The van der Waals surface area contributed by atoms with E-state index < -0.39 is 10.0 Å². The molecule has 4 N–H and O–H groups in total. The molecule has 0 spiro atoms. The number of hydrogen-bond acceptors (Lipinski definition) is 4. The fraction of sp³-hybridized carbons (Fsp3) is 0.538. The third-order valence-electron chi connectivity index (χ3n) is 3.38. The van der Waals surface area contributed by atoms with Gasteiger partial charge in [0, 0.05) is 12.2 Å². The summed E-state index contributed by atoms with van der Waals surface area (Å²) in [4.78, 5) is 0. The third-order valence-corrected chi connectivity index (χ3v) is 4.11. The van der Waals surface area contributed by atoms with Crippen LogP contribution in [0.15, 0.2) is 24.3 Å². The first-order chi connectivity index (χ1) is 9.03. The predicted octanol–water partition coefficient (Wildman–Crippen LogP) is 0.887. The van der Waals surface area contributed by atoms with Crippen molar-refractivity contribution in [2.24, 2.45) is 11.1 Å². The molecular weight excluding hydrogens is 262 g/mol. The second kappa shape index (κ2) is 6.36. The summed E-state index contributed by atoms with van der Waals surface area (Å²) in [5.74, 6) is 0.604. The van der Waals surface area contributed by atoms with Gasteiger partial charge in [0.1, 0.15) is 0 Å². The lowest BCUT2D eigenvalue weighted by atomic mass is 9.98. The number of piperidine rings is 1. The van der Waals surface area contributed by atoms with E-state index in [0.29, 0.717) is 5.92 Å². The Morgan fingerprint density at radius 1 is 1.21 bits per heavy atom. The van der Waals surface area contributed by atoms with Crippen LogP contribution in [0, 0.1) is 5.92 Å². The van der Waals surface area contributed by atoms with E-state index in [1.54, 1.807) is 12.1 Å². The molecule has 1 aliphatic heterocycles. The van der Waals surface area contributed by atoms with E-state index in [4.69, 9.17) is 5.14 Å². The van der Waals surface area contributed by atoms with Crippen LogP contribution in [-0.2, 0) is 15.8 Å². The number of sulfonamides is 1. The molecule has 6 heteroatoms. The van der Waals surface area contributed by atoms with Crippen molar-refractivity contribution >= 4 is 15.7 Å². The van der Waals surface area contributed by atoms with E-state index in [1.165, 1.54) is 12.8 Å². The summed E-state index contributed by atoms with van der Waals surface area (Å²) >= 11 is 0. The van der Waals surface area contributed by atoms with Crippen LogP contribution in [0.1, 0.15) is 18.4 Å². The maximum absolute atomic E-state index is 11.0. The number of primary sulfonamides is 1. The van der Waals surface area contributed by atoms with E-state index in [0.717, 1.165) is 30.9 Å². The minimum Gasteiger partial charge on any atom is -0.385 e. The highest BCUT2D eigenvalue weighted by Crippen LogP contribution is 2.15. The summed E-state index contributed by atoms with van der Waals surface area (Å²) in [7, 11) is -3.45. The Morgan fingerprint density at radius 3 is 2.42 bits per heavy atom. The van der Waals surface area contributed by atoms with Gasteiger partial charge in [-0.15, -0.1) is 0 Å². The summed E-state index contributed by atoms with van der Waals surface area (Å²) in [5.41, 5.74) is 1.74. The summed E-state index contributed by atoms with van der Waals surface area (Å²) < 4.78 is 21.9. The van der Waals surface area contributed by atoms with Gasteiger partial charge in [-0.3, -0.25) is 0 Å². The number of anilines is 1. The van der Waals surface area contributed by atoms with Crippen LogP contribution in [0.3, 0.4) is 0 Å². The van der Waals surface area contributed by atoms with Crippen molar-refractivity contribution in [3.63, 3.8) is 0 Å². The highest BCUT2D eigenvalue weighted by Gasteiger charge is 2.12. The molecule has 1 aromatic rings. The number of nitrogens with two attached hydrogens (primary N) is 1. The summed E-state index contributed by atoms with van der Waals surface area (Å²) in [6.07, 6.45) is 2.41. The van der Waals surface area contributed by atoms with Crippen molar-refractivity contribution in [3.05, 3.63) is 29.8 Å². The zero-order chi connectivity index (χ0) is 13.7. The fourth-order valence-electron chi connectivity index (χ4n) is 2.30. The smallest absolute Gasteiger partial charge is 0.213 e. The summed E-state index contributed by atoms with van der Waals surface area (Å²) in [6.45, 7) is 3.16. The van der Waals surface area contributed by atoms with Crippen molar-refractivity contribution in [2.45, 2.75) is 18.6 Å². The van der Waals surface area contributed by atoms with Crippen LogP contribution in [0.5, 0.6) is 0 Å². The lowest BCUT2D eigenvalue weighted by Crippen LogP contribution is -2.31. The molecule has 0 aliphatic carbocycles. The molecule has 1 aliphatic rings. The van der Waals surface area contributed by atoms with Crippen molar-refractivity contribution in [1.82, 2.24) is 5.32 Å². The van der Waals surface area contributed by atoms with Gasteiger partial charge in [0.15, 0.2) is 0 Å². The Labute approximate surface area is 114 Å². The van der Waals surface area contributed by atoms with Crippen molar-refractivity contribution in [2.75, 3.05) is 25.0 Å². The van der Waals surface area contributed by atoms with Gasteiger partial charge in [0.2, 0.25) is 10.0 Å². The second-order valence-corrected chi connectivity index (χ2v) is 6.69. The van der Waals surface area contributed by atoms with Gasteiger partial charge >= 0.3 is 0 Å². The number of benzene rings is 1. The minimum atomic E-state index is -3.45. The highest BCUT2D eigenvalue weighted by atomic mass is 32.2. The predicted molar refractivity (Wildman–Crippen MR) is 77.3 cm³/mol. The minimum absolute atomic E-state index is 0.110. The zero-order valence-corrected chi connectivity index (χ0v) is 11.7.